The number of nitrogens with one attached hydrogen (secondary N) is 2. The minimum absolute atomic E-state index is 0.0925. The van der Waals surface area contributed by atoms with Crippen LogP contribution in [0.25, 0.3) is 0 Å². The largest absolute Gasteiger partial charge is 0.494 e. The molecule has 0 saturated heterocycles. The number of nitrogen functional groups attached to an aromatic ring is 1. The third-order valence-electron chi connectivity index (χ3n) is 4.92. The molecule has 2 rings (SSSR count). The van der Waals surface area contributed by atoms with Crippen molar-refractivity contribution < 1.29 is 9.47 Å². The van der Waals surface area contributed by atoms with E-state index in [1.165, 1.54) is 0 Å². The van der Waals surface area contributed by atoms with Gasteiger partial charge in [0.2, 0.25) is 0 Å². The molecule has 30 heavy (non-hydrogen) atoms. The van der Waals surface area contributed by atoms with Crippen molar-refractivity contribution in [3.63, 3.8) is 0 Å². The van der Waals surface area contributed by atoms with E-state index < -0.39 is 0 Å². The van der Waals surface area contributed by atoms with E-state index in [1.807, 2.05) is 63.3 Å². The SMILES string of the molecule is CN/C(=N\C(C)N(C)c1ccccc1)Nc1cc(N)c(N(C)CCOC)cc1OC. The van der Waals surface area contributed by atoms with Crippen LogP contribution in [0.1, 0.15) is 6.92 Å². The van der Waals surface area contributed by atoms with Crippen molar-refractivity contribution in [2.75, 3.05) is 69.4 Å². The smallest absolute Gasteiger partial charge is 0.197 e. The number of hydrogen-bond acceptors (Lipinski definition) is 6. The molecule has 0 aliphatic rings. The van der Waals surface area contributed by atoms with Gasteiger partial charge in [-0.25, -0.2) is 4.99 Å². The lowest BCUT2D eigenvalue weighted by molar-refractivity contribution is 0.206. The molecule has 4 N–H and O–H groups in total. The molecule has 2 aromatic carbocycles. The molecule has 0 aliphatic carbocycles. The van der Waals surface area contributed by atoms with Gasteiger partial charge < -0.3 is 35.6 Å². The van der Waals surface area contributed by atoms with E-state index in [0.717, 1.165) is 23.6 Å². The molecule has 1 unspecified atom stereocenters. The molecule has 0 saturated carbocycles. The van der Waals surface area contributed by atoms with Crippen LogP contribution >= 0.6 is 0 Å². The van der Waals surface area contributed by atoms with Gasteiger partial charge in [0.1, 0.15) is 11.9 Å². The number of anilines is 4. The minimum Gasteiger partial charge on any atom is -0.494 e. The molecule has 0 aromatic heterocycles. The molecule has 8 nitrogen and oxygen atoms in total. The lowest BCUT2D eigenvalue weighted by atomic mass is 10.2. The first-order valence-corrected chi connectivity index (χ1v) is 9.89. The van der Waals surface area contributed by atoms with Crippen molar-refractivity contribution in [2.45, 2.75) is 13.1 Å². The number of para-hydroxylation sites is 1. The summed E-state index contributed by atoms with van der Waals surface area (Å²) in [4.78, 5) is 8.90. The molecule has 0 aliphatic heterocycles. The third kappa shape index (κ3) is 5.93. The number of hydrogen-bond donors (Lipinski definition) is 3. The quantitative estimate of drug-likeness (QED) is 0.330. The van der Waals surface area contributed by atoms with E-state index in [0.29, 0.717) is 24.0 Å². The van der Waals surface area contributed by atoms with Gasteiger partial charge >= 0.3 is 0 Å². The molecule has 0 heterocycles. The number of guanidine groups is 1. The predicted molar refractivity (Wildman–Crippen MR) is 127 cm³/mol. The van der Waals surface area contributed by atoms with Crippen molar-refractivity contribution in [1.29, 1.82) is 0 Å². The summed E-state index contributed by atoms with van der Waals surface area (Å²) < 4.78 is 10.7. The van der Waals surface area contributed by atoms with Gasteiger partial charge in [-0.2, -0.15) is 0 Å². The summed E-state index contributed by atoms with van der Waals surface area (Å²) in [6, 6.07) is 13.9. The molecule has 0 radical (unpaired) electrons. The topological polar surface area (TPSA) is 87.4 Å². The Bertz CT molecular complexity index is 828. The Balaban J connectivity index is 2.23. The van der Waals surface area contributed by atoms with Crippen molar-refractivity contribution >= 4 is 28.7 Å². The molecular weight excluding hydrogens is 380 g/mol. The maximum absolute atomic E-state index is 6.31. The monoisotopic (exact) mass is 414 g/mol. The molecule has 0 amide bonds. The van der Waals surface area contributed by atoms with E-state index in [-0.39, 0.29) is 6.17 Å². The highest BCUT2D eigenvalue weighted by Gasteiger charge is 2.15. The Morgan fingerprint density at radius 3 is 2.47 bits per heavy atom. The van der Waals surface area contributed by atoms with Gasteiger partial charge in [0.25, 0.3) is 0 Å². The van der Waals surface area contributed by atoms with Crippen LogP contribution in [0.2, 0.25) is 0 Å². The van der Waals surface area contributed by atoms with Crippen molar-refractivity contribution in [3.05, 3.63) is 42.5 Å². The number of aliphatic imine (C=N–C) groups is 1. The lowest BCUT2D eigenvalue weighted by Gasteiger charge is -2.25. The van der Waals surface area contributed by atoms with Crippen LogP contribution < -0.4 is 30.9 Å². The third-order valence-corrected chi connectivity index (χ3v) is 4.92. The number of methoxy groups -OCH3 is 2. The fourth-order valence-electron chi connectivity index (χ4n) is 2.97. The van der Waals surface area contributed by atoms with Crippen molar-refractivity contribution in [3.8, 4) is 5.75 Å². The first kappa shape index (κ1) is 23.2. The van der Waals surface area contributed by atoms with Gasteiger partial charge in [-0.15, -0.1) is 0 Å². The zero-order chi connectivity index (χ0) is 22.1. The Hall–Kier alpha value is -3.13. The van der Waals surface area contributed by atoms with Crippen LogP contribution in [0.4, 0.5) is 22.7 Å². The summed E-state index contributed by atoms with van der Waals surface area (Å²) >= 11 is 0. The van der Waals surface area contributed by atoms with Crippen LogP contribution in [-0.4, -0.2) is 60.6 Å². The second-order valence-electron chi connectivity index (χ2n) is 6.96. The standard InChI is InChI=1S/C22H34N6O2/c1-16(28(4)17-10-8-7-9-11-17)25-22(24-2)26-19-14-18(23)20(15-21(19)30-6)27(3)12-13-29-5/h7-11,14-16H,12-13,23H2,1-6H3,(H2,24,25,26). The van der Waals surface area contributed by atoms with Gasteiger partial charge in [-0.1, -0.05) is 18.2 Å². The Kier molecular flexibility index (Phi) is 8.61. The van der Waals surface area contributed by atoms with E-state index in [4.69, 9.17) is 20.2 Å². The van der Waals surface area contributed by atoms with E-state index in [2.05, 4.69) is 27.7 Å². The molecule has 0 fully saturated rings. The fourth-order valence-corrected chi connectivity index (χ4v) is 2.97. The maximum atomic E-state index is 6.31. The number of benzene rings is 2. The highest BCUT2D eigenvalue weighted by molar-refractivity contribution is 5.96. The number of likely N-dealkylation sites (N-methyl/N-ethyl adjacent to an activating group) is 1. The zero-order valence-corrected chi connectivity index (χ0v) is 18.8. The van der Waals surface area contributed by atoms with E-state index >= 15 is 0 Å². The van der Waals surface area contributed by atoms with Gasteiger partial charge in [-0.05, 0) is 25.1 Å². The second-order valence-corrected chi connectivity index (χ2v) is 6.96. The summed E-state index contributed by atoms with van der Waals surface area (Å²) in [6.45, 7) is 3.37. The highest BCUT2D eigenvalue weighted by atomic mass is 16.5. The van der Waals surface area contributed by atoms with E-state index in [9.17, 15) is 0 Å². The van der Waals surface area contributed by atoms with Crippen LogP contribution in [-0.2, 0) is 4.74 Å². The summed E-state index contributed by atoms with van der Waals surface area (Å²) in [7, 11) is 9.12. The fraction of sp³-hybridized carbons (Fsp3) is 0.409. The second kappa shape index (κ2) is 11.2. The Morgan fingerprint density at radius 1 is 1.17 bits per heavy atom. The summed E-state index contributed by atoms with van der Waals surface area (Å²) in [5, 5.41) is 6.41. The highest BCUT2D eigenvalue weighted by Crippen LogP contribution is 2.35. The molecule has 164 valence electrons. The lowest BCUT2D eigenvalue weighted by Crippen LogP contribution is -2.34. The average molecular weight is 415 g/mol. The summed E-state index contributed by atoms with van der Waals surface area (Å²) in [5.41, 5.74) is 9.67. The summed E-state index contributed by atoms with van der Waals surface area (Å²) in [5.74, 6) is 1.29. The predicted octanol–water partition coefficient (Wildman–Crippen LogP) is 2.83. The van der Waals surface area contributed by atoms with Crippen LogP contribution in [0.15, 0.2) is 47.5 Å². The molecule has 8 heteroatoms. The molecule has 2 aromatic rings. The molecule has 0 spiro atoms. The zero-order valence-electron chi connectivity index (χ0n) is 18.8. The number of rotatable bonds is 9. The Morgan fingerprint density at radius 2 is 1.87 bits per heavy atom. The molecular formula is C22H34N6O2. The van der Waals surface area contributed by atoms with Crippen LogP contribution in [0.3, 0.4) is 0 Å². The molecule has 0 bridgehead atoms. The Labute approximate surface area is 179 Å². The average Bonchev–Trinajstić information content (AvgIpc) is 2.77. The van der Waals surface area contributed by atoms with Gasteiger partial charge in [-0.3, -0.25) is 0 Å². The van der Waals surface area contributed by atoms with E-state index in [1.54, 1.807) is 14.2 Å². The minimum atomic E-state index is -0.0925. The molecule has 1 atom stereocenters. The van der Waals surface area contributed by atoms with Gasteiger partial charge in [0, 0.05) is 46.6 Å². The normalized spacial score (nSPS) is 12.3. The van der Waals surface area contributed by atoms with Crippen LogP contribution in [0, 0.1) is 0 Å². The van der Waals surface area contributed by atoms with Gasteiger partial charge in [0.15, 0.2) is 5.96 Å². The number of ether oxygens (including phenoxy) is 2. The van der Waals surface area contributed by atoms with Crippen molar-refractivity contribution in [2.24, 2.45) is 4.99 Å². The van der Waals surface area contributed by atoms with Crippen molar-refractivity contribution in [1.82, 2.24) is 5.32 Å². The first-order chi connectivity index (χ1) is 14.4. The van der Waals surface area contributed by atoms with Gasteiger partial charge in [0.05, 0.1) is 30.8 Å². The maximum Gasteiger partial charge on any atom is 0.197 e. The number of nitrogens with zero attached hydrogens (tertiary/aromatic N) is 3. The first-order valence-electron chi connectivity index (χ1n) is 9.89. The van der Waals surface area contributed by atoms with Crippen LogP contribution in [0.5, 0.6) is 5.75 Å². The number of nitrogens with two attached hydrogens (primary N) is 1. The summed E-state index contributed by atoms with van der Waals surface area (Å²) in [6.07, 6.45) is -0.0925.